The van der Waals surface area contributed by atoms with Crippen LogP contribution in [-0.2, 0) is 4.74 Å². The zero-order chi connectivity index (χ0) is 13.7. The Balaban J connectivity index is 1.82. The van der Waals surface area contributed by atoms with Gasteiger partial charge in [-0.05, 0) is 42.9 Å². The standard InChI is InChI=1S/C16H25NO2/c1-4-14(11-18-2)17-15-8-13(9-15)12-6-5-7-16(10-12)19-3/h5-7,10,13-15,17H,4,8-9,11H2,1-3H3. The Morgan fingerprint density at radius 3 is 2.74 bits per heavy atom. The average Bonchev–Trinajstić information content (AvgIpc) is 2.41. The van der Waals surface area contributed by atoms with Gasteiger partial charge in [0.1, 0.15) is 5.75 Å². The van der Waals surface area contributed by atoms with Crippen LogP contribution in [0, 0.1) is 0 Å². The minimum atomic E-state index is 0.487. The fraction of sp³-hybridized carbons (Fsp3) is 0.625. The van der Waals surface area contributed by atoms with Gasteiger partial charge in [0.2, 0.25) is 0 Å². The minimum absolute atomic E-state index is 0.487. The van der Waals surface area contributed by atoms with E-state index >= 15 is 0 Å². The third kappa shape index (κ3) is 3.71. The summed E-state index contributed by atoms with van der Waals surface area (Å²) in [4.78, 5) is 0. The van der Waals surface area contributed by atoms with E-state index in [1.165, 1.54) is 18.4 Å². The van der Waals surface area contributed by atoms with Crippen molar-refractivity contribution in [1.82, 2.24) is 5.32 Å². The normalized spacial score (nSPS) is 23.7. The molecule has 0 amide bonds. The first-order valence-electron chi connectivity index (χ1n) is 7.15. The first-order valence-corrected chi connectivity index (χ1v) is 7.15. The van der Waals surface area contributed by atoms with E-state index in [0.717, 1.165) is 18.8 Å². The van der Waals surface area contributed by atoms with Gasteiger partial charge in [0.15, 0.2) is 0 Å². The van der Waals surface area contributed by atoms with Crippen LogP contribution >= 0.6 is 0 Å². The van der Waals surface area contributed by atoms with Crippen molar-refractivity contribution in [2.24, 2.45) is 0 Å². The molecule has 1 aliphatic carbocycles. The number of methoxy groups -OCH3 is 2. The van der Waals surface area contributed by atoms with Crippen LogP contribution in [0.2, 0.25) is 0 Å². The Bertz CT molecular complexity index is 388. The predicted octanol–water partition coefficient (Wildman–Crippen LogP) is 2.96. The van der Waals surface area contributed by atoms with Gasteiger partial charge < -0.3 is 14.8 Å². The lowest BCUT2D eigenvalue weighted by atomic mass is 9.75. The second-order valence-electron chi connectivity index (χ2n) is 5.37. The van der Waals surface area contributed by atoms with Crippen molar-refractivity contribution in [3.8, 4) is 5.75 Å². The van der Waals surface area contributed by atoms with Crippen LogP contribution in [0.25, 0.3) is 0 Å². The zero-order valence-corrected chi connectivity index (χ0v) is 12.2. The molecule has 0 saturated heterocycles. The van der Waals surface area contributed by atoms with Crippen LogP contribution < -0.4 is 10.1 Å². The highest BCUT2D eigenvalue weighted by molar-refractivity contribution is 5.32. The SMILES string of the molecule is CCC(COC)NC1CC(c2cccc(OC)c2)C1. The molecule has 0 aliphatic heterocycles. The maximum atomic E-state index is 5.28. The van der Waals surface area contributed by atoms with E-state index in [1.54, 1.807) is 14.2 Å². The minimum Gasteiger partial charge on any atom is -0.497 e. The number of benzene rings is 1. The second kappa shape index (κ2) is 6.92. The smallest absolute Gasteiger partial charge is 0.119 e. The molecule has 0 heterocycles. The van der Waals surface area contributed by atoms with Crippen LogP contribution in [-0.4, -0.2) is 32.9 Å². The van der Waals surface area contributed by atoms with Gasteiger partial charge in [0.25, 0.3) is 0 Å². The molecule has 1 saturated carbocycles. The van der Waals surface area contributed by atoms with Gasteiger partial charge in [-0.3, -0.25) is 0 Å². The molecule has 19 heavy (non-hydrogen) atoms. The summed E-state index contributed by atoms with van der Waals surface area (Å²) in [7, 11) is 3.49. The molecule has 3 heteroatoms. The van der Waals surface area contributed by atoms with E-state index in [0.29, 0.717) is 18.0 Å². The molecule has 1 unspecified atom stereocenters. The highest BCUT2D eigenvalue weighted by Gasteiger charge is 2.31. The van der Waals surface area contributed by atoms with Crippen molar-refractivity contribution in [2.45, 2.75) is 44.2 Å². The molecule has 1 atom stereocenters. The van der Waals surface area contributed by atoms with Crippen molar-refractivity contribution >= 4 is 0 Å². The van der Waals surface area contributed by atoms with Crippen molar-refractivity contribution in [3.63, 3.8) is 0 Å². The third-order valence-electron chi connectivity index (χ3n) is 4.04. The number of rotatable bonds is 7. The van der Waals surface area contributed by atoms with Crippen LogP contribution in [0.15, 0.2) is 24.3 Å². The number of hydrogen-bond donors (Lipinski definition) is 1. The number of hydrogen-bond acceptors (Lipinski definition) is 3. The van der Waals surface area contributed by atoms with Gasteiger partial charge >= 0.3 is 0 Å². The molecule has 0 radical (unpaired) electrons. The Hall–Kier alpha value is -1.06. The fourth-order valence-corrected chi connectivity index (χ4v) is 2.74. The summed E-state index contributed by atoms with van der Waals surface area (Å²) in [5, 5.41) is 3.68. The van der Waals surface area contributed by atoms with Gasteiger partial charge in [0, 0.05) is 19.2 Å². The first kappa shape index (κ1) is 14.4. The average molecular weight is 263 g/mol. The van der Waals surface area contributed by atoms with E-state index in [2.05, 4.69) is 30.4 Å². The second-order valence-corrected chi connectivity index (χ2v) is 5.37. The molecule has 1 aliphatic rings. The van der Waals surface area contributed by atoms with Gasteiger partial charge in [-0.15, -0.1) is 0 Å². The van der Waals surface area contributed by atoms with Crippen molar-refractivity contribution in [3.05, 3.63) is 29.8 Å². The van der Waals surface area contributed by atoms with E-state index in [9.17, 15) is 0 Å². The molecular formula is C16H25NO2. The molecular weight excluding hydrogens is 238 g/mol. The third-order valence-corrected chi connectivity index (χ3v) is 4.04. The number of ether oxygens (including phenoxy) is 2. The lowest BCUT2D eigenvalue weighted by Crippen LogP contribution is -2.46. The van der Waals surface area contributed by atoms with E-state index in [4.69, 9.17) is 9.47 Å². The summed E-state index contributed by atoms with van der Waals surface area (Å²) in [5.74, 6) is 1.63. The topological polar surface area (TPSA) is 30.5 Å². The first-order chi connectivity index (χ1) is 9.26. The van der Waals surface area contributed by atoms with E-state index < -0.39 is 0 Å². The van der Waals surface area contributed by atoms with E-state index in [-0.39, 0.29) is 0 Å². The monoisotopic (exact) mass is 263 g/mol. The maximum Gasteiger partial charge on any atom is 0.119 e. The summed E-state index contributed by atoms with van der Waals surface area (Å²) in [6.45, 7) is 3.01. The summed E-state index contributed by atoms with van der Waals surface area (Å²) in [5.41, 5.74) is 1.40. The molecule has 1 aromatic carbocycles. The Labute approximate surface area is 116 Å². The van der Waals surface area contributed by atoms with Gasteiger partial charge in [-0.1, -0.05) is 19.1 Å². The molecule has 2 rings (SSSR count). The molecule has 1 N–H and O–H groups in total. The van der Waals surface area contributed by atoms with Crippen molar-refractivity contribution in [1.29, 1.82) is 0 Å². The highest BCUT2D eigenvalue weighted by Crippen LogP contribution is 2.38. The largest absolute Gasteiger partial charge is 0.497 e. The summed E-state index contributed by atoms with van der Waals surface area (Å²) >= 11 is 0. The Morgan fingerprint density at radius 1 is 1.32 bits per heavy atom. The fourth-order valence-electron chi connectivity index (χ4n) is 2.74. The lowest BCUT2D eigenvalue weighted by molar-refractivity contribution is 0.144. The molecule has 0 spiro atoms. The van der Waals surface area contributed by atoms with Crippen molar-refractivity contribution < 1.29 is 9.47 Å². The Kier molecular flexibility index (Phi) is 5.23. The molecule has 1 aromatic rings. The van der Waals surface area contributed by atoms with Crippen LogP contribution in [0.1, 0.15) is 37.7 Å². The molecule has 0 bridgehead atoms. The lowest BCUT2D eigenvalue weighted by Gasteiger charge is -2.38. The molecule has 0 aromatic heterocycles. The van der Waals surface area contributed by atoms with Gasteiger partial charge in [-0.25, -0.2) is 0 Å². The summed E-state index contributed by atoms with van der Waals surface area (Å²) in [6, 6.07) is 9.57. The van der Waals surface area contributed by atoms with Gasteiger partial charge in [-0.2, -0.15) is 0 Å². The molecule has 106 valence electrons. The van der Waals surface area contributed by atoms with Crippen LogP contribution in [0.5, 0.6) is 5.75 Å². The van der Waals surface area contributed by atoms with Crippen LogP contribution in [0.4, 0.5) is 0 Å². The predicted molar refractivity (Wildman–Crippen MR) is 77.8 cm³/mol. The Morgan fingerprint density at radius 2 is 2.11 bits per heavy atom. The van der Waals surface area contributed by atoms with E-state index in [1.807, 2.05) is 6.07 Å². The molecule has 3 nitrogen and oxygen atoms in total. The quantitative estimate of drug-likeness (QED) is 0.820. The highest BCUT2D eigenvalue weighted by atomic mass is 16.5. The van der Waals surface area contributed by atoms with Gasteiger partial charge in [0.05, 0.1) is 13.7 Å². The summed E-state index contributed by atoms with van der Waals surface area (Å²) < 4.78 is 10.5. The zero-order valence-electron chi connectivity index (χ0n) is 12.2. The van der Waals surface area contributed by atoms with Crippen LogP contribution in [0.3, 0.4) is 0 Å². The van der Waals surface area contributed by atoms with Crippen molar-refractivity contribution in [2.75, 3.05) is 20.8 Å². The maximum absolute atomic E-state index is 5.28. The number of nitrogens with one attached hydrogen (secondary N) is 1. The summed E-state index contributed by atoms with van der Waals surface area (Å²) in [6.07, 6.45) is 3.55. The molecule has 1 fully saturated rings.